The van der Waals surface area contributed by atoms with E-state index in [2.05, 4.69) is 10.3 Å². The van der Waals surface area contributed by atoms with E-state index in [9.17, 15) is 9.59 Å². The minimum atomic E-state index is -0.607. The molecule has 0 unspecified atom stereocenters. The van der Waals surface area contributed by atoms with Crippen LogP contribution in [0, 0.1) is 6.92 Å². The number of aromatic nitrogens is 1. The average Bonchev–Trinajstić information content (AvgIpc) is 3.15. The summed E-state index contributed by atoms with van der Waals surface area (Å²) < 4.78 is 5.35. The molecule has 1 amide bonds. The smallest absolute Gasteiger partial charge is 0.355 e. The zero-order chi connectivity index (χ0) is 19.9. The molecule has 1 heterocycles. The molecule has 5 nitrogen and oxygen atoms in total. The topological polar surface area (TPSA) is 68.3 Å². The van der Waals surface area contributed by atoms with Crippen molar-refractivity contribution < 1.29 is 14.3 Å². The summed E-state index contributed by atoms with van der Waals surface area (Å²) >= 11 is 1.50. The van der Waals surface area contributed by atoms with Crippen LogP contribution in [0.15, 0.2) is 65.7 Å². The van der Waals surface area contributed by atoms with Crippen molar-refractivity contribution in [1.29, 1.82) is 0 Å². The van der Waals surface area contributed by atoms with Crippen LogP contribution in [-0.4, -0.2) is 16.9 Å². The summed E-state index contributed by atoms with van der Waals surface area (Å²) in [6.45, 7) is 3.42. The number of hydrogen-bond donors (Lipinski definition) is 1. The molecular formula is C22H20N2O3S. The highest BCUT2D eigenvalue weighted by Gasteiger charge is 2.14. The number of benzene rings is 2. The van der Waals surface area contributed by atoms with Gasteiger partial charge in [-0.1, -0.05) is 60.2 Å². The van der Waals surface area contributed by atoms with E-state index in [1.54, 1.807) is 6.08 Å². The highest BCUT2D eigenvalue weighted by molar-refractivity contribution is 7.13. The van der Waals surface area contributed by atoms with Crippen LogP contribution < -0.4 is 5.32 Å². The van der Waals surface area contributed by atoms with E-state index < -0.39 is 5.97 Å². The highest BCUT2D eigenvalue weighted by atomic mass is 32.1. The van der Waals surface area contributed by atoms with E-state index in [1.165, 1.54) is 23.8 Å². The lowest BCUT2D eigenvalue weighted by molar-refractivity contribution is -0.141. The maximum atomic E-state index is 12.4. The van der Waals surface area contributed by atoms with E-state index in [4.69, 9.17) is 4.74 Å². The monoisotopic (exact) mass is 392 g/mol. The largest absolute Gasteiger partial charge is 0.454 e. The molecule has 2 aromatic carbocycles. The zero-order valence-electron chi connectivity index (χ0n) is 15.6. The Morgan fingerprint density at radius 3 is 2.50 bits per heavy atom. The van der Waals surface area contributed by atoms with E-state index in [-0.39, 0.29) is 18.2 Å². The summed E-state index contributed by atoms with van der Waals surface area (Å²) in [7, 11) is 0. The second-order valence-corrected chi connectivity index (χ2v) is 7.09. The molecule has 0 fully saturated rings. The number of thiazole rings is 1. The van der Waals surface area contributed by atoms with Crippen molar-refractivity contribution in [3.63, 3.8) is 0 Å². The number of carbonyl (C=O) groups excluding carboxylic acids is 2. The van der Waals surface area contributed by atoms with Gasteiger partial charge in [0.25, 0.3) is 0 Å². The van der Waals surface area contributed by atoms with Crippen LogP contribution in [0.2, 0.25) is 0 Å². The van der Waals surface area contributed by atoms with Crippen molar-refractivity contribution in [2.24, 2.45) is 0 Å². The van der Waals surface area contributed by atoms with Gasteiger partial charge in [0.15, 0.2) is 0 Å². The number of hydrogen-bond acceptors (Lipinski definition) is 5. The fraction of sp³-hybridized carbons (Fsp3) is 0.136. The Balaban J connectivity index is 1.68. The Morgan fingerprint density at radius 1 is 1.11 bits per heavy atom. The third-order valence-corrected chi connectivity index (χ3v) is 4.78. The van der Waals surface area contributed by atoms with Gasteiger partial charge in [-0.3, -0.25) is 4.79 Å². The number of aryl methyl sites for hydroxylation is 1. The first kappa shape index (κ1) is 19.5. The lowest BCUT2D eigenvalue weighted by Crippen LogP contribution is -2.26. The molecule has 0 aliphatic rings. The van der Waals surface area contributed by atoms with Gasteiger partial charge in [0.2, 0.25) is 5.91 Å². The number of nitrogens with zero attached hydrogens (tertiary/aromatic N) is 1. The lowest BCUT2D eigenvalue weighted by Gasteiger charge is -2.08. The Labute approximate surface area is 167 Å². The van der Waals surface area contributed by atoms with Crippen LogP contribution in [0.4, 0.5) is 0 Å². The predicted molar refractivity (Wildman–Crippen MR) is 110 cm³/mol. The van der Waals surface area contributed by atoms with Gasteiger partial charge in [-0.15, -0.1) is 11.3 Å². The second-order valence-electron chi connectivity index (χ2n) is 6.24. The summed E-state index contributed by atoms with van der Waals surface area (Å²) in [5.74, 6) is -0.946. The minimum absolute atomic E-state index is 0.0346. The molecule has 0 radical (unpaired) electrons. The maximum absolute atomic E-state index is 12.4. The van der Waals surface area contributed by atoms with Crippen LogP contribution in [-0.2, 0) is 20.9 Å². The van der Waals surface area contributed by atoms with Gasteiger partial charge in [0.05, 0.1) is 5.69 Å². The van der Waals surface area contributed by atoms with Crippen LogP contribution in [0.25, 0.3) is 16.6 Å². The summed E-state index contributed by atoms with van der Waals surface area (Å²) in [6, 6.07) is 17.3. The fourth-order valence-electron chi connectivity index (χ4n) is 2.47. The Kier molecular flexibility index (Phi) is 6.34. The number of esters is 1. The quantitative estimate of drug-likeness (QED) is 0.501. The summed E-state index contributed by atoms with van der Waals surface area (Å²) in [5.41, 5.74) is 3.75. The van der Waals surface area contributed by atoms with Crippen molar-refractivity contribution in [2.45, 2.75) is 20.5 Å². The SMILES string of the molecule is CC(=O)N/C(=C/c1ccccc1)C(=O)OCc1csc(-c2ccc(C)cc2)n1. The third-order valence-electron chi connectivity index (χ3n) is 3.84. The van der Waals surface area contributed by atoms with Gasteiger partial charge in [-0.05, 0) is 18.6 Å². The van der Waals surface area contributed by atoms with E-state index in [0.717, 1.165) is 16.1 Å². The Hall–Kier alpha value is -3.25. The molecule has 3 rings (SSSR count). The fourth-order valence-corrected chi connectivity index (χ4v) is 3.28. The van der Waals surface area contributed by atoms with E-state index in [1.807, 2.05) is 66.9 Å². The van der Waals surface area contributed by atoms with Crippen LogP contribution in [0.1, 0.15) is 23.7 Å². The molecule has 0 saturated heterocycles. The molecule has 0 atom stereocenters. The molecule has 0 aliphatic heterocycles. The van der Waals surface area contributed by atoms with Gasteiger partial charge in [0, 0.05) is 17.9 Å². The van der Waals surface area contributed by atoms with Crippen molar-refractivity contribution in [1.82, 2.24) is 10.3 Å². The van der Waals surface area contributed by atoms with E-state index in [0.29, 0.717) is 5.69 Å². The number of ether oxygens (including phenoxy) is 1. The third kappa shape index (κ3) is 5.37. The van der Waals surface area contributed by atoms with Crippen molar-refractivity contribution in [3.8, 4) is 10.6 Å². The Morgan fingerprint density at radius 2 is 1.82 bits per heavy atom. The van der Waals surface area contributed by atoms with Crippen LogP contribution in [0.3, 0.4) is 0 Å². The number of amides is 1. The van der Waals surface area contributed by atoms with Crippen molar-refractivity contribution >= 4 is 29.3 Å². The van der Waals surface area contributed by atoms with Crippen molar-refractivity contribution in [3.05, 3.63) is 82.5 Å². The van der Waals surface area contributed by atoms with Gasteiger partial charge >= 0.3 is 5.97 Å². The van der Waals surface area contributed by atoms with Gasteiger partial charge in [-0.2, -0.15) is 0 Å². The molecule has 0 saturated carbocycles. The van der Waals surface area contributed by atoms with Gasteiger partial charge in [-0.25, -0.2) is 9.78 Å². The van der Waals surface area contributed by atoms with Crippen molar-refractivity contribution in [2.75, 3.05) is 0 Å². The van der Waals surface area contributed by atoms with Crippen LogP contribution in [0.5, 0.6) is 0 Å². The number of rotatable bonds is 6. The molecule has 3 aromatic rings. The molecule has 28 heavy (non-hydrogen) atoms. The first-order valence-corrected chi connectivity index (χ1v) is 9.62. The Bertz CT molecular complexity index is 992. The standard InChI is InChI=1S/C22H20N2O3S/c1-15-8-10-18(11-9-15)21-24-19(14-28-21)13-27-22(26)20(23-16(2)25)12-17-6-4-3-5-7-17/h3-12,14H,13H2,1-2H3,(H,23,25)/b20-12+. The molecular weight excluding hydrogens is 372 g/mol. The minimum Gasteiger partial charge on any atom is -0.454 e. The molecule has 1 N–H and O–H groups in total. The van der Waals surface area contributed by atoms with E-state index >= 15 is 0 Å². The number of nitrogens with one attached hydrogen (secondary N) is 1. The molecule has 6 heteroatoms. The predicted octanol–water partition coefficient (Wildman–Crippen LogP) is 4.34. The van der Waals surface area contributed by atoms with Crippen LogP contribution >= 0.6 is 11.3 Å². The molecule has 1 aromatic heterocycles. The second kappa shape index (κ2) is 9.10. The van der Waals surface area contributed by atoms with Gasteiger partial charge < -0.3 is 10.1 Å². The summed E-state index contributed by atoms with van der Waals surface area (Å²) in [6.07, 6.45) is 1.59. The first-order valence-electron chi connectivity index (χ1n) is 8.74. The molecule has 0 spiro atoms. The molecule has 142 valence electrons. The van der Waals surface area contributed by atoms with Gasteiger partial charge in [0.1, 0.15) is 17.3 Å². The number of carbonyl (C=O) groups is 2. The summed E-state index contributed by atoms with van der Waals surface area (Å²) in [4.78, 5) is 28.4. The average molecular weight is 392 g/mol. The molecule has 0 bridgehead atoms. The highest BCUT2D eigenvalue weighted by Crippen LogP contribution is 2.24. The summed E-state index contributed by atoms with van der Waals surface area (Å²) in [5, 5.41) is 5.26. The normalized spacial score (nSPS) is 11.1. The molecule has 0 aliphatic carbocycles. The zero-order valence-corrected chi connectivity index (χ0v) is 16.5. The maximum Gasteiger partial charge on any atom is 0.355 e. The lowest BCUT2D eigenvalue weighted by atomic mass is 10.2. The first-order chi connectivity index (χ1) is 13.5.